The van der Waals surface area contributed by atoms with Gasteiger partial charge in [-0.05, 0) is 24.5 Å². The summed E-state index contributed by atoms with van der Waals surface area (Å²) in [4.78, 5) is 4.40. The molecule has 2 aromatic rings. The number of methoxy groups -OCH3 is 1. The van der Waals surface area contributed by atoms with Crippen LogP contribution in [0.25, 0.3) is 10.9 Å². The van der Waals surface area contributed by atoms with Gasteiger partial charge in [0, 0.05) is 35.3 Å². The van der Waals surface area contributed by atoms with E-state index in [0.717, 1.165) is 27.4 Å². The van der Waals surface area contributed by atoms with Crippen molar-refractivity contribution in [3.8, 4) is 0 Å². The van der Waals surface area contributed by atoms with Crippen molar-refractivity contribution in [2.45, 2.75) is 19.4 Å². The van der Waals surface area contributed by atoms with E-state index in [9.17, 15) is 5.11 Å². The average molecular weight is 324 g/mol. The molecule has 0 radical (unpaired) electrons. The van der Waals surface area contributed by atoms with Gasteiger partial charge in [0.1, 0.15) is 0 Å². The van der Waals surface area contributed by atoms with Crippen LogP contribution in [0.4, 0.5) is 0 Å². The van der Waals surface area contributed by atoms with Crippen LogP contribution in [-0.4, -0.2) is 23.8 Å². The van der Waals surface area contributed by atoms with Crippen molar-refractivity contribution in [2.75, 3.05) is 13.7 Å². The number of ether oxygens (including phenoxy) is 1. The highest BCUT2D eigenvalue weighted by atomic mass is 79.9. The molecule has 0 spiro atoms. The summed E-state index contributed by atoms with van der Waals surface area (Å²) >= 11 is 3.52. The molecule has 0 aliphatic carbocycles. The van der Waals surface area contributed by atoms with Crippen LogP contribution in [0.1, 0.15) is 25.0 Å². The van der Waals surface area contributed by atoms with Crippen molar-refractivity contribution in [1.29, 1.82) is 0 Å². The smallest absolute Gasteiger partial charge is 0.0837 e. The van der Waals surface area contributed by atoms with Gasteiger partial charge in [-0.2, -0.15) is 0 Å². The Bertz CT molecular complexity index is 559. The molecule has 1 N–H and O–H groups in total. The van der Waals surface area contributed by atoms with Crippen molar-refractivity contribution in [3.05, 3.63) is 40.5 Å². The van der Waals surface area contributed by atoms with E-state index in [-0.39, 0.29) is 5.92 Å². The van der Waals surface area contributed by atoms with Gasteiger partial charge < -0.3 is 9.84 Å². The number of rotatable bonds is 5. The maximum absolute atomic E-state index is 10.5. The van der Waals surface area contributed by atoms with E-state index in [1.54, 1.807) is 13.3 Å². The maximum Gasteiger partial charge on any atom is 0.0837 e. The Labute approximate surface area is 121 Å². The minimum absolute atomic E-state index is 0.131. The molecule has 2 atom stereocenters. The van der Waals surface area contributed by atoms with Crippen LogP contribution >= 0.6 is 15.9 Å². The van der Waals surface area contributed by atoms with Gasteiger partial charge in [-0.3, -0.25) is 4.98 Å². The van der Waals surface area contributed by atoms with Crippen molar-refractivity contribution >= 4 is 26.8 Å². The monoisotopic (exact) mass is 323 g/mol. The molecule has 2 rings (SSSR count). The van der Waals surface area contributed by atoms with Crippen molar-refractivity contribution in [1.82, 2.24) is 4.98 Å². The third-order valence-electron chi connectivity index (χ3n) is 3.38. The molecule has 0 saturated carbocycles. The third-order valence-corrected chi connectivity index (χ3v) is 4.07. The predicted octanol–water partition coefficient (Wildman–Crippen LogP) is 3.70. The number of aromatic nitrogens is 1. The first-order valence-corrected chi connectivity index (χ1v) is 7.14. The first kappa shape index (κ1) is 14.4. The van der Waals surface area contributed by atoms with E-state index >= 15 is 0 Å². The summed E-state index contributed by atoms with van der Waals surface area (Å²) in [5.74, 6) is 0.131. The molecular weight excluding hydrogens is 306 g/mol. The molecular formula is C15H18BrNO2. The summed E-state index contributed by atoms with van der Waals surface area (Å²) in [6, 6.07) is 7.80. The van der Waals surface area contributed by atoms with Gasteiger partial charge in [-0.15, -0.1) is 0 Å². The fourth-order valence-corrected chi connectivity index (χ4v) is 2.62. The third kappa shape index (κ3) is 3.14. The van der Waals surface area contributed by atoms with E-state index in [0.29, 0.717) is 6.61 Å². The molecule has 0 amide bonds. The molecule has 0 saturated heterocycles. The maximum atomic E-state index is 10.5. The van der Waals surface area contributed by atoms with Crippen molar-refractivity contribution in [3.63, 3.8) is 0 Å². The lowest BCUT2D eigenvalue weighted by Crippen LogP contribution is -2.12. The van der Waals surface area contributed by atoms with Gasteiger partial charge in [0.15, 0.2) is 0 Å². The second kappa shape index (κ2) is 6.46. The molecule has 19 heavy (non-hydrogen) atoms. The summed E-state index contributed by atoms with van der Waals surface area (Å²) in [7, 11) is 1.68. The van der Waals surface area contributed by atoms with Crippen LogP contribution in [0.15, 0.2) is 34.9 Å². The summed E-state index contributed by atoms with van der Waals surface area (Å²) in [5.41, 5.74) is 1.73. The first-order valence-electron chi connectivity index (χ1n) is 6.35. The zero-order chi connectivity index (χ0) is 13.8. The fraction of sp³-hybridized carbons (Fsp3) is 0.400. The van der Waals surface area contributed by atoms with Gasteiger partial charge in [0.2, 0.25) is 0 Å². The molecule has 0 aliphatic rings. The quantitative estimate of drug-likeness (QED) is 0.912. The largest absolute Gasteiger partial charge is 0.388 e. The molecule has 3 nitrogen and oxygen atoms in total. The van der Waals surface area contributed by atoms with Gasteiger partial charge in [0.25, 0.3) is 0 Å². The number of aliphatic hydroxyl groups excluding tert-OH is 1. The number of halogens is 1. The van der Waals surface area contributed by atoms with E-state index in [1.807, 2.05) is 31.2 Å². The van der Waals surface area contributed by atoms with Crippen LogP contribution in [-0.2, 0) is 4.74 Å². The van der Waals surface area contributed by atoms with Crippen molar-refractivity contribution in [2.24, 2.45) is 5.92 Å². The molecule has 102 valence electrons. The zero-order valence-electron chi connectivity index (χ0n) is 11.1. The van der Waals surface area contributed by atoms with Crippen LogP contribution in [0.5, 0.6) is 0 Å². The van der Waals surface area contributed by atoms with Gasteiger partial charge in [-0.1, -0.05) is 35.0 Å². The second-order valence-corrected chi connectivity index (χ2v) is 5.59. The summed E-state index contributed by atoms with van der Waals surface area (Å²) < 4.78 is 6.07. The molecule has 0 fully saturated rings. The lowest BCUT2D eigenvalue weighted by Gasteiger charge is -2.20. The van der Waals surface area contributed by atoms with E-state index in [4.69, 9.17) is 4.74 Å². The number of aliphatic hydroxyl groups is 1. The number of hydrogen-bond donors (Lipinski definition) is 1. The number of fused-ring (bicyclic) bond motifs is 1. The average Bonchev–Trinajstić information content (AvgIpc) is 2.45. The first-order chi connectivity index (χ1) is 9.15. The SMILES string of the molecule is COCCC(C)C(O)c1ccc(Br)c2cccnc12. The zero-order valence-corrected chi connectivity index (χ0v) is 12.7. The molecule has 1 aromatic heterocycles. The minimum Gasteiger partial charge on any atom is -0.388 e. The second-order valence-electron chi connectivity index (χ2n) is 4.74. The molecule has 2 unspecified atom stereocenters. The van der Waals surface area contributed by atoms with Crippen LogP contribution in [0, 0.1) is 5.92 Å². The highest BCUT2D eigenvalue weighted by Crippen LogP contribution is 2.32. The highest BCUT2D eigenvalue weighted by Gasteiger charge is 2.19. The Morgan fingerprint density at radius 2 is 2.16 bits per heavy atom. The Morgan fingerprint density at radius 1 is 1.37 bits per heavy atom. The molecule has 1 aromatic carbocycles. The Kier molecular flexibility index (Phi) is 4.91. The van der Waals surface area contributed by atoms with E-state index in [2.05, 4.69) is 20.9 Å². The number of nitrogens with zero attached hydrogens (tertiary/aromatic N) is 1. The Hall–Kier alpha value is -0.970. The number of pyridine rings is 1. The summed E-state index contributed by atoms with van der Waals surface area (Å²) in [5, 5.41) is 11.5. The predicted molar refractivity (Wildman–Crippen MR) is 80.1 cm³/mol. The fourth-order valence-electron chi connectivity index (χ4n) is 2.17. The van der Waals surface area contributed by atoms with Gasteiger partial charge in [-0.25, -0.2) is 0 Å². The molecule has 4 heteroatoms. The molecule has 0 aliphatic heterocycles. The van der Waals surface area contributed by atoms with Crippen molar-refractivity contribution < 1.29 is 9.84 Å². The topological polar surface area (TPSA) is 42.4 Å². The molecule has 1 heterocycles. The van der Waals surface area contributed by atoms with Gasteiger partial charge in [0.05, 0.1) is 11.6 Å². The van der Waals surface area contributed by atoms with Crippen LogP contribution in [0.3, 0.4) is 0 Å². The minimum atomic E-state index is -0.527. The molecule has 0 bridgehead atoms. The van der Waals surface area contributed by atoms with Crippen LogP contribution in [0.2, 0.25) is 0 Å². The van der Waals surface area contributed by atoms with Gasteiger partial charge >= 0.3 is 0 Å². The van der Waals surface area contributed by atoms with E-state index < -0.39 is 6.10 Å². The lowest BCUT2D eigenvalue weighted by molar-refractivity contribution is 0.0895. The Balaban J connectivity index is 2.37. The van der Waals surface area contributed by atoms with E-state index in [1.165, 1.54) is 0 Å². The summed E-state index contributed by atoms with van der Waals surface area (Å²) in [6.07, 6.45) is 2.05. The lowest BCUT2D eigenvalue weighted by atomic mass is 9.93. The normalized spacial score (nSPS) is 14.5. The summed E-state index contributed by atoms with van der Waals surface area (Å²) in [6.45, 7) is 2.68. The standard InChI is InChI=1S/C15H18BrNO2/c1-10(7-9-19-2)15(18)12-5-6-13(16)11-4-3-8-17-14(11)12/h3-6,8,10,15,18H,7,9H2,1-2H3. The number of benzene rings is 1. The van der Waals surface area contributed by atoms with Crippen LogP contribution < -0.4 is 0 Å². The number of hydrogen-bond acceptors (Lipinski definition) is 3. The Morgan fingerprint density at radius 3 is 2.89 bits per heavy atom. The highest BCUT2D eigenvalue weighted by molar-refractivity contribution is 9.10.